The van der Waals surface area contributed by atoms with Crippen LogP contribution in [0.5, 0.6) is 5.75 Å². The Balaban J connectivity index is 1.58. The average molecular weight is 389 g/mol. The highest BCUT2D eigenvalue weighted by Crippen LogP contribution is 2.26. The predicted molar refractivity (Wildman–Crippen MR) is 120 cm³/mol. The lowest BCUT2D eigenvalue weighted by atomic mass is 10.1. The van der Waals surface area contributed by atoms with E-state index in [-0.39, 0.29) is 5.91 Å². The smallest absolute Gasteiger partial charge is 0.280 e. The minimum absolute atomic E-state index is 0.297. The number of benzene rings is 3. The van der Waals surface area contributed by atoms with E-state index in [0.29, 0.717) is 5.75 Å². The van der Waals surface area contributed by atoms with Crippen molar-refractivity contribution in [3.63, 3.8) is 0 Å². The summed E-state index contributed by atoms with van der Waals surface area (Å²) in [4.78, 5) is 14.6. The molecule has 0 saturated carbocycles. The van der Waals surface area contributed by atoms with Crippen molar-refractivity contribution in [1.82, 2.24) is 5.43 Å². The Morgan fingerprint density at radius 1 is 1.03 bits per heavy atom. The van der Waals surface area contributed by atoms with Crippen molar-refractivity contribution in [2.24, 2.45) is 5.10 Å². The van der Waals surface area contributed by atoms with E-state index in [9.17, 15) is 4.79 Å². The van der Waals surface area contributed by atoms with Crippen molar-refractivity contribution >= 4 is 28.6 Å². The summed E-state index contributed by atoms with van der Waals surface area (Å²) in [5, 5.41) is 6.11. The molecule has 0 aliphatic heterocycles. The monoisotopic (exact) mass is 389 g/mol. The second-order valence-electron chi connectivity index (χ2n) is 6.74. The van der Waals surface area contributed by atoms with E-state index < -0.39 is 6.10 Å². The Bertz CT molecular complexity index is 974. The standard InChI is InChI=1S/C24H27N3O2/c1-4-27(5-2)21-15-13-19(14-16-21)17-25-26-24(28)18(3)29-23-12-8-10-20-9-6-7-11-22(20)23/h6-18H,4-5H2,1-3H3,(H,26,28)/b25-17-/t18-/m0/s1. The molecule has 0 aliphatic carbocycles. The van der Waals surface area contributed by atoms with Crippen molar-refractivity contribution in [2.75, 3.05) is 18.0 Å². The van der Waals surface area contributed by atoms with E-state index in [4.69, 9.17) is 4.74 Å². The molecule has 3 aromatic carbocycles. The SMILES string of the molecule is CCN(CC)c1ccc(/C=N\NC(=O)[C@H](C)Oc2cccc3ccccc23)cc1. The van der Waals surface area contributed by atoms with Gasteiger partial charge >= 0.3 is 0 Å². The number of hydrogen-bond acceptors (Lipinski definition) is 4. The zero-order valence-electron chi connectivity index (χ0n) is 17.1. The number of hydrogen-bond donors (Lipinski definition) is 1. The van der Waals surface area contributed by atoms with Gasteiger partial charge in [-0.25, -0.2) is 5.43 Å². The Morgan fingerprint density at radius 2 is 1.72 bits per heavy atom. The first-order valence-electron chi connectivity index (χ1n) is 9.94. The van der Waals surface area contributed by atoms with Crippen molar-refractivity contribution in [2.45, 2.75) is 26.9 Å². The fraction of sp³-hybridized carbons (Fsp3) is 0.250. The number of hydrazone groups is 1. The molecule has 3 aromatic rings. The summed E-state index contributed by atoms with van der Waals surface area (Å²) < 4.78 is 5.87. The fourth-order valence-corrected chi connectivity index (χ4v) is 3.16. The molecule has 1 amide bonds. The molecule has 0 radical (unpaired) electrons. The molecule has 0 heterocycles. The van der Waals surface area contributed by atoms with Gasteiger partial charge in [-0.05, 0) is 49.9 Å². The summed E-state index contributed by atoms with van der Waals surface area (Å²) in [7, 11) is 0. The lowest BCUT2D eigenvalue weighted by molar-refractivity contribution is -0.127. The minimum atomic E-state index is -0.664. The van der Waals surface area contributed by atoms with Crippen LogP contribution in [0.2, 0.25) is 0 Å². The van der Waals surface area contributed by atoms with Crippen molar-refractivity contribution < 1.29 is 9.53 Å². The third-order valence-corrected chi connectivity index (χ3v) is 4.83. The van der Waals surface area contributed by atoms with E-state index in [2.05, 4.69) is 41.4 Å². The maximum absolute atomic E-state index is 12.3. The van der Waals surface area contributed by atoms with Gasteiger partial charge in [-0.2, -0.15) is 5.10 Å². The third kappa shape index (κ3) is 5.13. The highest BCUT2D eigenvalue weighted by molar-refractivity contribution is 5.89. The van der Waals surface area contributed by atoms with Gasteiger partial charge in [-0.1, -0.05) is 48.5 Å². The Kier molecular flexibility index (Phi) is 6.85. The molecule has 0 spiro atoms. The van der Waals surface area contributed by atoms with Gasteiger partial charge < -0.3 is 9.64 Å². The van der Waals surface area contributed by atoms with Gasteiger partial charge in [0.2, 0.25) is 0 Å². The van der Waals surface area contributed by atoms with Crippen LogP contribution in [0.25, 0.3) is 10.8 Å². The third-order valence-electron chi connectivity index (χ3n) is 4.83. The molecule has 0 saturated heterocycles. The van der Waals surface area contributed by atoms with Gasteiger partial charge in [0.1, 0.15) is 5.75 Å². The van der Waals surface area contributed by atoms with Crippen LogP contribution < -0.4 is 15.1 Å². The van der Waals surface area contributed by atoms with Crippen LogP contribution in [0, 0.1) is 0 Å². The number of ether oxygens (including phenoxy) is 1. The molecule has 1 atom stereocenters. The molecular formula is C24H27N3O2. The predicted octanol–water partition coefficient (Wildman–Crippen LogP) is 4.60. The van der Waals surface area contributed by atoms with E-state index >= 15 is 0 Å². The van der Waals surface area contributed by atoms with Crippen LogP contribution in [0.4, 0.5) is 5.69 Å². The van der Waals surface area contributed by atoms with Gasteiger partial charge in [-0.3, -0.25) is 4.79 Å². The molecule has 0 unspecified atom stereocenters. The van der Waals surface area contributed by atoms with Crippen LogP contribution in [0.3, 0.4) is 0 Å². The minimum Gasteiger partial charge on any atom is -0.480 e. The second-order valence-corrected chi connectivity index (χ2v) is 6.74. The summed E-state index contributed by atoms with van der Waals surface area (Å²) in [5.74, 6) is 0.385. The molecule has 5 nitrogen and oxygen atoms in total. The number of carbonyl (C=O) groups excluding carboxylic acids is 1. The summed E-state index contributed by atoms with van der Waals surface area (Å²) >= 11 is 0. The van der Waals surface area contributed by atoms with Gasteiger partial charge in [0.05, 0.1) is 6.21 Å². The van der Waals surface area contributed by atoms with Crippen LogP contribution in [0.1, 0.15) is 26.3 Å². The van der Waals surface area contributed by atoms with E-state index in [0.717, 1.165) is 29.4 Å². The second kappa shape index (κ2) is 9.73. The fourth-order valence-electron chi connectivity index (χ4n) is 3.16. The zero-order chi connectivity index (χ0) is 20.6. The van der Waals surface area contributed by atoms with E-state index in [1.165, 1.54) is 5.69 Å². The zero-order valence-corrected chi connectivity index (χ0v) is 17.1. The first kappa shape index (κ1) is 20.4. The van der Waals surface area contributed by atoms with Crippen molar-refractivity contribution in [3.8, 4) is 5.75 Å². The van der Waals surface area contributed by atoms with Gasteiger partial charge in [-0.15, -0.1) is 0 Å². The average Bonchev–Trinajstić information content (AvgIpc) is 2.76. The van der Waals surface area contributed by atoms with Gasteiger partial charge in [0, 0.05) is 24.2 Å². The Hall–Kier alpha value is -3.34. The van der Waals surface area contributed by atoms with Crippen LogP contribution >= 0.6 is 0 Å². The lowest BCUT2D eigenvalue weighted by Crippen LogP contribution is -2.33. The first-order valence-corrected chi connectivity index (χ1v) is 9.94. The van der Waals surface area contributed by atoms with Crippen molar-refractivity contribution in [1.29, 1.82) is 0 Å². The number of rotatable bonds is 8. The highest BCUT2D eigenvalue weighted by atomic mass is 16.5. The largest absolute Gasteiger partial charge is 0.480 e. The molecule has 5 heteroatoms. The lowest BCUT2D eigenvalue weighted by Gasteiger charge is -2.20. The molecule has 0 bridgehead atoms. The summed E-state index contributed by atoms with van der Waals surface area (Å²) in [5.41, 5.74) is 4.65. The van der Waals surface area contributed by atoms with E-state index in [1.807, 2.05) is 54.6 Å². The molecular weight excluding hydrogens is 362 g/mol. The molecule has 0 fully saturated rings. The van der Waals surface area contributed by atoms with Crippen LogP contribution in [0.15, 0.2) is 71.8 Å². The topological polar surface area (TPSA) is 53.9 Å². The summed E-state index contributed by atoms with van der Waals surface area (Å²) in [6.07, 6.45) is 0.970. The van der Waals surface area contributed by atoms with Crippen LogP contribution in [-0.2, 0) is 4.79 Å². The quantitative estimate of drug-likeness (QED) is 0.452. The Labute approximate surface area is 172 Å². The van der Waals surface area contributed by atoms with Gasteiger partial charge in [0.25, 0.3) is 5.91 Å². The molecule has 3 rings (SSSR count). The number of amides is 1. The normalized spacial score (nSPS) is 12.1. The number of fused-ring (bicyclic) bond motifs is 1. The summed E-state index contributed by atoms with van der Waals surface area (Å²) in [6.45, 7) is 7.92. The number of anilines is 1. The number of nitrogens with one attached hydrogen (secondary N) is 1. The Morgan fingerprint density at radius 3 is 2.45 bits per heavy atom. The van der Waals surface area contributed by atoms with E-state index in [1.54, 1.807) is 13.1 Å². The van der Waals surface area contributed by atoms with Gasteiger partial charge in [0.15, 0.2) is 6.10 Å². The summed E-state index contributed by atoms with van der Waals surface area (Å²) in [6, 6.07) is 21.8. The van der Waals surface area contributed by atoms with Crippen LogP contribution in [-0.4, -0.2) is 31.3 Å². The van der Waals surface area contributed by atoms with Crippen molar-refractivity contribution in [3.05, 3.63) is 72.3 Å². The molecule has 29 heavy (non-hydrogen) atoms. The maximum Gasteiger partial charge on any atom is 0.280 e. The molecule has 0 aliphatic rings. The number of carbonyl (C=O) groups is 1. The maximum atomic E-state index is 12.3. The number of nitrogens with zero attached hydrogens (tertiary/aromatic N) is 2. The highest BCUT2D eigenvalue weighted by Gasteiger charge is 2.15. The molecule has 0 aromatic heterocycles. The first-order chi connectivity index (χ1) is 14.1. The molecule has 1 N–H and O–H groups in total. The molecule has 150 valence electrons.